The molecule has 2 fully saturated rings. The number of benzene rings is 2. The first-order valence-corrected chi connectivity index (χ1v) is 12.3. The maximum absolute atomic E-state index is 13.2. The van der Waals surface area contributed by atoms with E-state index in [1.165, 1.54) is 5.56 Å². The van der Waals surface area contributed by atoms with Crippen LogP contribution >= 0.6 is 0 Å². The van der Waals surface area contributed by atoms with Crippen molar-refractivity contribution in [1.29, 1.82) is 5.26 Å². The number of aliphatic hydroxyl groups excluding tert-OH is 1. The van der Waals surface area contributed by atoms with Gasteiger partial charge < -0.3 is 10.0 Å². The first-order chi connectivity index (χ1) is 17.2. The van der Waals surface area contributed by atoms with Gasteiger partial charge in [-0.1, -0.05) is 42.5 Å². The molecule has 35 heavy (non-hydrogen) atoms. The summed E-state index contributed by atoms with van der Waals surface area (Å²) in [7, 11) is 0. The van der Waals surface area contributed by atoms with Crippen LogP contribution in [0.4, 0.5) is 0 Å². The maximum atomic E-state index is 13.2. The van der Waals surface area contributed by atoms with Crippen LogP contribution in [0.3, 0.4) is 0 Å². The van der Waals surface area contributed by atoms with Gasteiger partial charge in [-0.15, -0.1) is 0 Å². The molecule has 0 radical (unpaired) electrons. The minimum absolute atomic E-state index is 0.0705. The second kappa shape index (κ2) is 10.4. The largest absolute Gasteiger partial charge is 0.395 e. The molecule has 5 rings (SSSR count). The van der Waals surface area contributed by atoms with Gasteiger partial charge in [0.2, 0.25) is 5.91 Å². The van der Waals surface area contributed by atoms with Crippen molar-refractivity contribution >= 4 is 5.91 Å². The molecule has 178 valence electrons. The van der Waals surface area contributed by atoms with Gasteiger partial charge in [-0.2, -0.15) is 5.26 Å². The number of hydrogen-bond acceptors (Lipinski definition) is 5. The van der Waals surface area contributed by atoms with Crippen LogP contribution in [-0.2, 0) is 11.2 Å². The van der Waals surface area contributed by atoms with Gasteiger partial charge in [-0.05, 0) is 59.8 Å². The third-order valence-electron chi connectivity index (χ3n) is 7.42. The van der Waals surface area contributed by atoms with Gasteiger partial charge in [0.15, 0.2) is 0 Å². The normalized spacial score (nSPS) is 22.3. The molecule has 0 bridgehead atoms. The highest BCUT2D eigenvalue weighted by Gasteiger charge is 2.49. The number of nitriles is 1. The zero-order valence-corrected chi connectivity index (χ0v) is 19.8. The number of rotatable bonds is 5. The predicted molar refractivity (Wildman–Crippen MR) is 134 cm³/mol. The van der Waals surface area contributed by atoms with E-state index in [9.17, 15) is 15.2 Å². The molecule has 3 atom stereocenters. The average molecular weight is 467 g/mol. The van der Waals surface area contributed by atoms with Crippen molar-refractivity contribution in [1.82, 2.24) is 14.8 Å². The van der Waals surface area contributed by atoms with Gasteiger partial charge in [0.25, 0.3) is 0 Å². The molecule has 1 N–H and O–H groups in total. The van der Waals surface area contributed by atoms with Gasteiger partial charge in [-0.25, -0.2) is 0 Å². The standard InChI is InChI=1S/C29H30N4O2/c30-17-21-5-3-7-25(15-21)23-8-10-24(11-9-23)29-26-19-32(13-1-2-14-33(26)27(29)20-34)28(35)16-22-6-4-12-31-18-22/h3-12,15,18,26-27,29,34H,1-2,13-14,16,19-20H2/t26-,27-,29-/m0/s1. The fourth-order valence-electron chi connectivity index (χ4n) is 5.62. The minimum atomic E-state index is 0.0705. The molecule has 1 amide bonds. The van der Waals surface area contributed by atoms with Crippen LogP contribution in [0.2, 0.25) is 0 Å². The summed E-state index contributed by atoms with van der Waals surface area (Å²) in [6.07, 6.45) is 5.84. The molecule has 0 spiro atoms. The van der Waals surface area contributed by atoms with Crippen molar-refractivity contribution in [3.63, 3.8) is 0 Å². The lowest BCUT2D eigenvalue weighted by atomic mass is 9.74. The molecule has 0 saturated carbocycles. The number of carbonyl (C=O) groups is 1. The van der Waals surface area contributed by atoms with Crippen molar-refractivity contribution in [2.24, 2.45) is 0 Å². The Morgan fingerprint density at radius 2 is 1.89 bits per heavy atom. The number of nitrogens with zero attached hydrogens (tertiary/aromatic N) is 4. The Bertz CT molecular complexity index is 1210. The van der Waals surface area contributed by atoms with E-state index in [-0.39, 0.29) is 30.5 Å². The maximum Gasteiger partial charge on any atom is 0.227 e. The van der Waals surface area contributed by atoms with Crippen LogP contribution < -0.4 is 0 Å². The van der Waals surface area contributed by atoms with E-state index < -0.39 is 0 Å². The average Bonchev–Trinajstić information content (AvgIpc) is 2.88. The lowest BCUT2D eigenvalue weighted by molar-refractivity contribution is -0.135. The summed E-state index contributed by atoms with van der Waals surface area (Å²) in [6, 6.07) is 22.4. The number of aromatic nitrogens is 1. The minimum Gasteiger partial charge on any atom is -0.395 e. The van der Waals surface area contributed by atoms with Gasteiger partial charge >= 0.3 is 0 Å². The van der Waals surface area contributed by atoms with Gasteiger partial charge in [0.1, 0.15) is 0 Å². The van der Waals surface area contributed by atoms with E-state index in [0.29, 0.717) is 18.5 Å². The number of aliphatic hydroxyl groups is 1. The number of fused-ring (bicyclic) bond motifs is 1. The van der Waals surface area contributed by atoms with Crippen LogP contribution in [0.1, 0.15) is 35.4 Å². The predicted octanol–water partition coefficient (Wildman–Crippen LogP) is 3.61. The van der Waals surface area contributed by atoms with Crippen molar-refractivity contribution in [3.8, 4) is 17.2 Å². The molecule has 6 heteroatoms. The zero-order valence-electron chi connectivity index (χ0n) is 19.8. The fourth-order valence-corrected chi connectivity index (χ4v) is 5.62. The Kier molecular flexibility index (Phi) is 6.89. The molecule has 0 aliphatic carbocycles. The molecular formula is C29H30N4O2. The SMILES string of the molecule is N#Cc1cccc(-c2ccc([C@@H]3[C@H](CO)N4CCCCN(C(=O)Cc5cccnc5)C[C@@H]34)cc2)c1. The lowest BCUT2D eigenvalue weighted by Gasteiger charge is -2.57. The van der Waals surface area contributed by atoms with Crippen molar-refractivity contribution in [3.05, 3.63) is 89.7 Å². The first-order valence-electron chi connectivity index (χ1n) is 12.3. The Morgan fingerprint density at radius 3 is 2.63 bits per heavy atom. The molecule has 0 unspecified atom stereocenters. The highest BCUT2D eigenvalue weighted by atomic mass is 16.3. The van der Waals surface area contributed by atoms with Crippen LogP contribution in [-0.4, -0.2) is 64.1 Å². The van der Waals surface area contributed by atoms with Crippen molar-refractivity contribution in [2.75, 3.05) is 26.2 Å². The first kappa shape index (κ1) is 23.2. The summed E-state index contributed by atoms with van der Waals surface area (Å²) in [6.45, 7) is 2.51. The lowest BCUT2D eigenvalue weighted by Crippen LogP contribution is -2.68. The zero-order chi connectivity index (χ0) is 24.2. The van der Waals surface area contributed by atoms with E-state index in [2.05, 4.69) is 40.2 Å². The Morgan fingerprint density at radius 1 is 1.06 bits per heavy atom. The second-order valence-electron chi connectivity index (χ2n) is 9.48. The Balaban J connectivity index is 1.35. The molecule has 2 aliphatic rings. The Labute approximate surface area is 206 Å². The summed E-state index contributed by atoms with van der Waals surface area (Å²) < 4.78 is 0. The molecule has 2 aromatic carbocycles. The van der Waals surface area contributed by atoms with E-state index in [1.54, 1.807) is 12.4 Å². The highest BCUT2D eigenvalue weighted by Crippen LogP contribution is 2.42. The molecule has 6 nitrogen and oxygen atoms in total. The number of pyridine rings is 1. The Hall–Kier alpha value is -3.53. The molecule has 2 aliphatic heterocycles. The van der Waals surface area contributed by atoms with E-state index >= 15 is 0 Å². The van der Waals surface area contributed by atoms with E-state index in [4.69, 9.17) is 0 Å². The summed E-state index contributed by atoms with van der Waals surface area (Å²) in [5.41, 5.74) is 4.85. The van der Waals surface area contributed by atoms with Gasteiger partial charge in [0, 0.05) is 43.5 Å². The third-order valence-corrected chi connectivity index (χ3v) is 7.42. The molecule has 2 saturated heterocycles. The van der Waals surface area contributed by atoms with Crippen molar-refractivity contribution in [2.45, 2.75) is 37.3 Å². The quantitative estimate of drug-likeness (QED) is 0.621. The van der Waals surface area contributed by atoms with Crippen LogP contribution in [0, 0.1) is 11.3 Å². The van der Waals surface area contributed by atoms with E-state index in [0.717, 1.165) is 42.6 Å². The summed E-state index contributed by atoms with van der Waals surface area (Å²) in [5, 5.41) is 19.4. The molecular weight excluding hydrogens is 436 g/mol. The number of amides is 1. The smallest absolute Gasteiger partial charge is 0.227 e. The highest BCUT2D eigenvalue weighted by molar-refractivity contribution is 5.78. The molecule has 3 aromatic rings. The summed E-state index contributed by atoms with van der Waals surface area (Å²) >= 11 is 0. The number of hydrogen-bond donors (Lipinski definition) is 1. The molecule has 1 aromatic heterocycles. The van der Waals surface area contributed by atoms with Crippen LogP contribution in [0.25, 0.3) is 11.1 Å². The van der Waals surface area contributed by atoms with Gasteiger partial charge in [0.05, 0.1) is 24.7 Å². The monoisotopic (exact) mass is 466 g/mol. The van der Waals surface area contributed by atoms with Gasteiger partial charge in [-0.3, -0.25) is 14.7 Å². The topological polar surface area (TPSA) is 80.5 Å². The second-order valence-corrected chi connectivity index (χ2v) is 9.48. The number of carbonyl (C=O) groups excluding carboxylic acids is 1. The summed E-state index contributed by atoms with van der Waals surface area (Å²) in [4.78, 5) is 21.7. The fraction of sp³-hybridized carbons (Fsp3) is 0.345. The third kappa shape index (κ3) is 4.84. The van der Waals surface area contributed by atoms with Crippen LogP contribution in [0.15, 0.2) is 73.1 Å². The summed E-state index contributed by atoms with van der Waals surface area (Å²) in [5.74, 6) is 0.310. The molecule has 3 heterocycles. The van der Waals surface area contributed by atoms with Crippen molar-refractivity contribution < 1.29 is 9.90 Å². The van der Waals surface area contributed by atoms with Crippen LogP contribution in [0.5, 0.6) is 0 Å². The van der Waals surface area contributed by atoms with E-state index in [1.807, 2.05) is 41.3 Å².